The summed E-state index contributed by atoms with van der Waals surface area (Å²) < 4.78 is 0. The van der Waals surface area contributed by atoms with E-state index in [4.69, 9.17) is 23.1 Å². The minimum atomic E-state index is -0.960. The first-order chi connectivity index (χ1) is 15.0. The van der Waals surface area contributed by atoms with E-state index in [2.05, 4.69) is 11.1 Å². The standard InChI is InChI=1S/C15H13NO2S.C10H11NS/c17-15(18)10-9-13-11-19-14(16-13)8-4-7-12-5-2-1-3-6-12;11-10(12)8-4-7-9-5-2-1-3-6-9/h1-7,9-11H,8H2,(H,17,18);1-7H,8H2,(H2,11,12)/b7-4?,10-9+;7-4+. The average Bonchev–Trinajstić information content (AvgIpc) is 3.22. The topological polar surface area (TPSA) is 76.2 Å². The highest BCUT2D eigenvalue weighted by molar-refractivity contribution is 7.80. The van der Waals surface area contributed by atoms with E-state index >= 15 is 0 Å². The Morgan fingerprint density at radius 2 is 1.55 bits per heavy atom. The summed E-state index contributed by atoms with van der Waals surface area (Å²) in [7, 11) is 0. The molecule has 0 unspecified atom stereocenters. The van der Waals surface area contributed by atoms with E-state index in [9.17, 15) is 4.79 Å². The molecule has 4 nitrogen and oxygen atoms in total. The third kappa shape index (κ3) is 10.8. The summed E-state index contributed by atoms with van der Waals surface area (Å²) in [5.74, 6) is -0.960. The first-order valence-corrected chi connectivity index (χ1v) is 10.9. The van der Waals surface area contributed by atoms with E-state index in [1.807, 2.05) is 84.3 Å². The number of benzene rings is 2. The number of carboxylic acid groups (broad SMARTS) is 1. The number of aliphatic carboxylic acids is 1. The maximum Gasteiger partial charge on any atom is 0.328 e. The van der Waals surface area contributed by atoms with Crippen LogP contribution in [0.5, 0.6) is 0 Å². The van der Waals surface area contributed by atoms with E-state index in [1.54, 1.807) is 0 Å². The van der Waals surface area contributed by atoms with Gasteiger partial charge >= 0.3 is 5.97 Å². The van der Waals surface area contributed by atoms with Crippen LogP contribution in [0.25, 0.3) is 18.2 Å². The molecule has 3 N–H and O–H groups in total. The lowest BCUT2D eigenvalue weighted by Gasteiger charge is -1.91. The van der Waals surface area contributed by atoms with Crippen LogP contribution < -0.4 is 5.73 Å². The predicted octanol–water partition coefficient (Wildman–Crippen LogP) is 5.87. The fraction of sp³-hybridized carbons (Fsp3) is 0.0800. The number of aromatic nitrogens is 1. The van der Waals surface area contributed by atoms with Gasteiger partial charge in [0, 0.05) is 24.3 Å². The third-order valence-electron chi connectivity index (χ3n) is 3.80. The van der Waals surface area contributed by atoms with Crippen LogP contribution >= 0.6 is 23.6 Å². The number of thiocarbonyl (C=S) groups is 1. The van der Waals surface area contributed by atoms with Gasteiger partial charge in [-0.15, -0.1) is 11.3 Å². The molecule has 0 radical (unpaired) electrons. The van der Waals surface area contributed by atoms with Crippen LogP contribution in [-0.2, 0) is 11.2 Å². The molecule has 3 aromatic rings. The number of rotatable bonds is 8. The lowest BCUT2D eigenvalue weighted by atomic mass is 10.2. The molecule has 0 amide bonds. The summed E-state index contributed by atoms with van der Waals surface area (Å²) >= 11 is 6.27. The van der Waals surface area contributed by atoms with Crippen LogP contribution in [0.4, 0.5) is 0 Å². The Hall–Kier alpha value is -3.35. The van der Waals surface area contributed by atoms with Gasteiger partial charge in [0.05, 0.1) is 15.7 Å². The Morgan fingerprint density at radius 3 is 2.10 bits per heavy atom. The van der Waals surface area contributed by atoms with Crippen molar-refractivity contribution in [3.8, 4) is 0 Å². The van der Waals surface area contributed by atoms with Crippen molar-refractivity contribution < 1.29 is 9.90 Å². The van der Waals surface area contributed by atoms with Gasteiger partial charge in [0.15, 0.2) is 0 Å². The number of carboxylic acids is 1. The molecule has 158 valence electrons. The molecule has 0 aliphatic rings. The highest BCUT2D eigenvalue weighted by Gasteiger charge is 1.98. The van der Waals surface area contributed by atoms with Crippen molar-refractivity contribution >= 4 is 52.7 Å². The lowest BCUT2D eigenvalue weighted by molar-refractivity contribution is -0.131. The molecule has 0 aliphatic carbocycles. The number of hydrogen-bond donors (Lipinski definition) is 2. The van der Waals surface area contributed by atoms with Crippen LogP contribution in [0.3, 0.4) is 0 Å². The summed E-state index contributed by atoms with van der Waals surface area (Å²) in [5, 5.41) is 11.3. The molecule has 0 saturated carbocycles. The maximum atomic E-state index is 10.4. The summed E-state index contributed by atoms with van der Waals surface area (Å²) in [6.07, 6.45) is 12.1. The fourth-order valence-electron chi connectivity index (χ4n) is 2.39. The van der Waals surface area contributed by atoms with Crippen molar-refractivity contribution in [2.75, 3.05) is 0 Å². The second-order valence-electron chi connectivity index (χ2n) is 6.34. The average molecular weight is 449 g/mol. The summed E-state index contributed by atoms with van der Waals surface area (Å²) in [5.41, 5.74) is 8.36. The molecule has 2 aromatic carbocycles. The molecule has 3 rings (SSSR count). The zero-order valence-corrected chi connectivity index (χ0v) is 18.6. The van der Waals surface area contributed by atoms with Crippen LogP contribution in [0.15, 0.2) is 84.3 Å². The molecule has 0 fully saturated rings. The maximum absolute atomic E-state index is 10.4. The summed E-state index contributed by atoms with van der Waals surface area (Å²) in [6.45, 7) is 0. The van der Waals surface area contributed by atoms with Crippen molar-refractivity contribution in [2.24, 2.45) is 5.73 Å². The summed E-state index contributed by atoms with van der Waals surface area (Å²) in [6, 6.07) is 20.1. The monoisotopic (exact) mass is 448 g/mol. The Bertz CT molecular complexity index is 1040. The van der Waals surface area contributed by atoms with Gasteiger partial charge in [-0.05, 0) is 17.2 Å². The smallest absolute Gasteiger partial charge is 0.328 e. The Labute approximate surface area is 192 Å². The van der Waals surface area contributed by atoms with Crippen LogP contribution in [0.2, 0.25) is 0 Å². The van der Waals surface area contributed by atoms with E-state index in [0.29, 0.717) is 17.1 Å². The van der Waals surface area contributed by atoms with Crippen LogP contribution in [0.1, 0.15) is 28.2 Å². The van der Waals surface area contributed by atoms with E-state index in [0.717, 1.165) is 23.1 Å². The molecule has 1 aromatic heterocycles. The molecule has 0 spiro atoms. The molecule has 6 heteroatoms. The number of hydrogen-bond acceptors (Lipinski definition) is 4. The Morgan fingerprint density at radius 1 is 0.968 bits per heavy atom. The minimum absolute atomic E-state index is 0.530. The molecule has 31 heavy (non-hydrogen) atoms. The van der Waals surface area contributed by atoms with Gasteiger partial charge in [-0.25, -0.2) is 9.78 Å². The summed E-state index contributed by atoms with van der Waals surface area (Å²) in [4.78, 5) is 15.2. The molecule has 0 aliphatic heterocycles. The zero-order chi connectivity index (χ0) is 22.3. The lowest BCUT2D eigenvalue weighted by Crippen LogP contribution is -2.04. The van der Waals surface area contributed by atoms with Crippen molar-refractivity contribution in [3.63, 3.8) is 0 Å². The van der Waals surface area contributed by atoms with Crippen LogP contribution in [0, 0.1) is 0 Å². The van der Waals surface area contributed by atoms with Crippen molar-refractivity contribution in [2.45, 2.75) is 12.8 Å². The molecule has 0 bridgehead atoms. The Kier molecular flexibility index (Phi) is 10.6. The van der Waals surface area contributed by atoms with E-state index in [-0.39, 0.29) is 0 Å². The highest BCUT2D eigenvalue weighted by Crippen LogP contribution is 2.13. The van der Waals surface area contributed by atoms with Gasteiger partial charge in [-0.3, -0.25) is 0 Å². The second kappa shape index (κ2) is 13.8. The van der Waals surface area contributed by atoms with Gasteiger partial charge in [0.1, 0.15) is 0 Å². The first kappa shape index (κ1) is 23.9. The number of carbonyl (C=O) groups is 1. The largest absolute Gasteiger partial charge is 0.478 e. The zero-order valence-electron chi connectivity index (χ0n) is 16.9. The second-order valence-corrected chi connectivity index (χ2v) is 7.81. The van der Waals surface area contributed by atoms with Gasteiger partial charge < -0.3 is 10.8 Å². The van der Waals surface area contributed by atoms with Crippen molar-refractivity contribution in [3.05, 3.63) is 106 Å². The number of allylic oxidation sites excluding steroid dienone is 1. The number of nitrogens with zero attached hydrogens (tertiary/aromatic N) is 1. The fourth-order valence-corrected chi connectivity index (χ4v) is 3.22. The normalized spacial score (nSPS) is 11.0. The third-order valence-corrected chi connectivity index (χ3v) is 4.85. The van der Waals surface area contributed by atoms with Crippen molar-refractivity contribution in [1.29, 1.82) is 0 Å². The van der Waals surface area contributed by atoms with E-state index in [1.165, 1.54) is 23.0 Å². The minimum Gasteiger partial charge on any atom is -0.478 e. The molecular formula is C25H24N2O2S2. The van der Waals surface area contributed by atoms with Gasteiger partial charge in [-0.2, -0.15) is 0 Å². The first-order valence-electron chi connectivity index (χ1n) is 9.60. The number of thiazole rings is 1. The number of nitrogens with two attached hydrogens (primary N) is 1. The predicted molar refractivity (Wildman–Crippen MR) is 135 cm³/mol. The van der Waals surface area contributed by atoms with Crippen LogP contribution in [-0.4, -0.2) is 21.0 Å². The van der Waals surface area contributed by atoms with Gasteiger partial charge in [0.25, 0.3) is 0 Å². The highest BCUT2D eigenvalue weighted by atomic mass is 32.1. The molecule has 0 atom stereocenters. The Balaban J connectivity index is 0.000000245. The van der Waals surface area contributed by atoms with E-state index < -0.39 is 5.97 Å². The molecular weight excluding hydrogens is 424 g/mol. The quantitative estimate of drug-likeness (QED) is 0.333. The SMILES string of the molecule is NC(=S)C/C=C/c1ccccc1.O=C(O)/C=C/c1csc(CC=Cc2ccccc2)n1. The molecule has 1 heterocycles. The van der Waals surface area contributed by atoms with Crippen molar-refractivity contribution in [1.82, 2.24) is 4.98 Å². The molecule has 0 saturated heterocycles. The van der Waals surface area contributed by atoms with Gasteiger partial charge in [0.2, 0.25) is 0 Å². The van der Waals surface area contributed by atoms with Gasteiger partial charge in [-0.1, -0.05) is 97.2 Å².